The van der Waals surface area contributed by atoms with Crippen molar-refractivity contribution in [2.24, 2.45) is 0 Å². The molecule has 90 valence electrons. The first-order valence-electron chi connectivity index (χ1n) is 5.85. The summed E-state index contributed by atoms with van der Waals surface area (Å²) in [5.74, 6) is 0. The van der Waals surface area contributed by atoms with E-state index in [1.54, 1.807) is 0 Å². The Hall–Kier alpha value is -1.74. The van der Waals surface area contributed by atoms with Gasteiger partial charge in [-0.25, -0.2) is 0 Å². The van der Waals surface area contributed by atoms with Gasteiger partial charge in [-0.05, 0) is 36.9 Å². The Kier molecular flexibility index (Phi) is 3.83. The van der Waals surface area contributed by atoms with Gasteiger partial charge in [-0.3, -0.25) is 4.90 Å². The van der Waals surface area contributed by atoms with E-state index < -0.39 is 0 Å². The van der Waals surface area contributed by atoms with Crippen LogP contribution in [-0.2, 0) is 13.1 Å². The lowest BCUT2D eigenvalue weighted by atomic mass is 10.2. The van der Waals surface area contributed by atoms with Crippen molar-refractivity contribution in [3.63, 3.8) is 0 Å². The van der Waals surface area contributed by atoms with Gasteiger partial charge in [0.25, 0.3) is 0 Å². The van der Waals surface area contributed by atoms with Gasteiger partial charge in [0.1, 0.15) is 0 Å². The van der Waals surface area contributed by atoms with Gasteiger partial charge in [0, 0.05) is 37.7 Å². The molecule has 0 saturated carbocycles. The maximum absolute atomic E-state index is 3.22. The van der Waals surface area contributed by atoms with Crippen molar-refractivity contribution >= 4 is 5.69 Å². The smallest absolute Gasteiger partial charge is 0.0385 e. The molecule has 0 aliphatic carbocycles. The number of nitrogens with one attached hydrogen (secondary N) is 2. The van der Waals surface area contributed by atoms with E-state index in [1.165, 1.54) is 11.3 Å². The van der Waals surface area contributed by atoms with Gasteiger partial charge in [-0.15, -0.1) is 0 Å². The van der Waals surface area contributed by atoms with Gasteiger partial charge in [-0.2, -0.15) is 0 Å². The zero-order chi connectivity index (χ0) is 12.1. The number of anilines is 1. The summed E-state index contributed by atoms with van der Waals surface area (Å²) in [7, 11) is 4.08. The van der Waals surface area contributed by atoms with E-state index in [2.05, 4.69) is 52.6 Å². The largest absolute Gasteiger partial charge is 0.388 e. The number of hydrogen-bond acceptors (Lipinski definition) is 2. The molecule has 0 saturated heterocycles. The summed E-state index contributed by atoms with van der Waals surface area (Å²) in [6.45, 7) is 1.89. The molecular weight excluding hydrogens is 210 g/mol. The first kappa shape index (κ1) is 11.7. The second kappa shape index (κ2) is 5.55. The van der Waals surface area contributed by atoms with Crippen LogP contribution in [0.25, 0.3) is 0 Å². The molecule has 0 atom stereocenters. The average Bonchev–Trinajstić information content (AvgIpc) is 2.82. The molecule has 0 bridgehead atoms. The predicted molar refractivity (Wildman–Crippen MR) is 72.0 cm³/mol. The standard InChI is InChI=1S/C14H19N3/c1-15-13-6-3-5-12(9-13)10-17(2)11-14-7-4-8-16-14/h3-9,15-16H,10-11H2,1-2H3. The van der Waals surface area contributed by atoms with Crippen LogP contribution in [0.5, 0.6) is 0 Å². The molecule has 1 aromatic carbocycles. The number of H-pyrrole nitrogens is 1. The van der Waals surface area contributed by atoms with E-state index in [1.807, 2.05) is 19.3 Å². The summed E-state index contributed by atoms with van der Waals surface area (Å²) in [4.78, 5) is 5.51. The predicted octanol–water partition coefficient (Wildman–Crippen LogP) is 2.69. The van der Waals surface area contributed by atoms with Crippen LogP contribution in [0.3, 0.4) is 0 Å². The van der Waals surface area contributed by atoms with E-state index in [9.17, 15) is 0 Å². The fourth-order valence-corrected chi connectivity index (χ4v) is 1.95. The lowest BCUT2D eigenvalue weighted by Gasteiger charge is -2.16. The number of rotatable bonds is 5. The highest BCUT2D eigenvalue weighted by Crippen LogP contribution is 2.12. The van der Waals surface area contributed by atoms with Crippen LogP contribution >= 0.6 is 0 Å². The summed E-state index contributed by atoms with van der Waals surface area (Å²) in [6.07, 6.45) is 1.96. The van der Waals surface area contributed by atoms with Crippen LogP contribution in [0.4, 0.5) is 5.69 Å². The van der Waals surface area contributed by atoms with Gasteiger partial charge in [0.05, 0.1) is 0 Å². The first-order chi connectivity index (χ1) is 8.28. The van der Waals surface area contributed by atoms with Crippen LogP contribution in [0.1, 0.15) is 11.3 Å². The van der Waals surface area contributed by atoms with Crippen molar-refractivity contribution in [2.75, 3.05) is 19.4 Å². The summed E-state index contributed by atoms with van der Waals surface area (Å²) in [5.41, 5.74) is 3.74. The molecule has 2 aromatic rings. The molecule has 0 fully saturated rings. The van der Waals surface area contributed by atoms with Gasteiger partial charge in [0.2, 0.25) is 0 Å². The maximum atomic E-state index is 3.22. The molecule has 0 aliphatic heterocycles. The van der Waals surface area contributed by atoms with Gasteiger partial charge in [-0.1, -0.05) is 12.1 Å². The zero-order valence-electron chi connectivity index (χ0n) is 10.4. The molecule has 0 unspecified atom stereocenters. The quantitative estimate of drug-likeness (QED) is 0.826. The third kappa shape index (κ3) is 3.36. The highest BCUT2D eigenvalue weighted by atomic mass is 15.1. The summed E-state index contributed by atoms with van der Waals surface area (Å²) >= 11 is 0. The monoisotopic (exact) mass is 229 g/mol. The average molecular weight is 229 g/mol. The molecule has 1 aromatic heterocycles. The SMILES string of the molecule is CNc1cccc(CN(C)Cc2ccc[nH]2)c1. The van der Waals surface area contributed by atoms with Crippen molar-refractivity contribution < 1.29 is 0 Å². The van der Waals surface area contributed by atoms with Gasteiger partial charge >= 0.3 is 0 Å². The molecule has 17 heavy (non-hydrogen) atoms. The Morgan fingerprint density at radius 1 is 1.18 bits per heavy atom. The van der Waals surface area contributed by atoms with E-state index in [0.717, 1.165) is 18.8 Å². The van der Waals surface area contributed by atoms with Crippen LogP contribution in [0.2, 0.25) is 0 Å². The van der Waals surface area contributed by atoms with E-state index in [4.69, 9.17) is 0 Å². The van der Waals surface area contributed by atoms with Crippen molar-refractivity contribution in [2.45, 2.75) is 13.1 Å². The molecule has 3 heteroatoms. The molecule has 0 spiro atoms. The molecule has 0 amide bonds. The molecule has 2 rings (SSSR count). The number of aromatic amines is 1. The van der Waals surface area contributed by atoms with E-state index in [-0.39, 0.29) is 0 Å². The van der Waals surface area contributed by atoms with Crippen LogP contribution < -0.4 is 5.32 Å². The molecule has 2 N–H and O–H groups in total. The van der Waals surface area contributed by atoms with Crippen LogP contribution in [-0.4, -0.2) is 24.0 Å². The first-order valence-corrected chi connectivity index (χ1v) is 5.85. The Morgan fingerprint density at radius 3 is 2.76 bits per heavy atom. The number of aromatic nitrogens is 1. The number of nitrogens with zero attached hydrogens (tertiary/aromatic N) is 1. The van der Waals surface area contributed by atoms with Crippen molar-refractivity contribution in [1.29, 1.82) is 0 Å². The Labute approximate surface area is 102 Å². The summed E-state index contributed by atoms with van der Waals surface area (Å²) < 4.78 is 0. The zero-order valence-corrected chi connectivity index (χ0v) is 10.4. The normalized spacial score (nSPS) is 10.8. The summed E-state index contributed by atoms with van der Waals surface area (Å²) in [5, 5.41) is 3.16. The van der Waals surface area contributed by atoms with Crippen LogP contribution in [0, 0.1) is 0 Å². The Balaban J connectivity index is 1.95. The maximum Gasteiger partial charge on any atom is 0.0385 e. The highest BCUT2D eigenvalue weighted by molar-refractivity contribution is 5.44. The highest BCUT2D eigenvalue weighted by Gasteiger charge is 2.02. The topological polar surface area (TPSA) is 31.1 Å². The lowest BCUT2D eigenvalue weighted by molar-refractivity contribution is 0.316. The Bertz CT molecular complexity index is 448. The molecule has 0 radical (unpaired) electrons. The van der Waals surface area contributed by atoms with Gasteiger partial charge in [0.15, 0.2) is 0 Å². The second-order valence-electron chi connectivity index (χ2n) is 4.32. The number of hydrogen-bond donors (Lipinski definition) is 2. The minimum Gasteiger partial charge on any atom is -0.388 e. The van der Waals surface area contributed by atoms with Gasteiger partial charge < -0.3 is 10.3 Å². The molecule has 1 heterocycles. The van der Waals surface area contributed by atoms with E-state index >= 15 is 0 Å². The summed E-state index contributed by atoms with van der Waals surface area (Å²) in [6, 6.07) is 12.7. The minimum atomic E-state index is 0.941. The molecular formula is C14H19N3. The van der Waals surface area contributed by atoms with Crippen molar-refractivity contribution in [3.8, 4) is 0 Å². The molecule has 0 aliphatic rings. The third-order valence-electron chi connectivity index (χ3n) is 2.77. The lowest BCUT2D eigenvalue weighted by Crippen LogP contribution is -2.17. The number of benzene rings is 1. The fourth-order valence-electron chi connectivity index (χ4n) is 1.95. The molecule has 3 nitrogen and oxygen atoms in total. The Morgan fingerprint density at radius 2 is 2.06 bits per heavy atom. The van der Waals surface area contributed by atoms with Crippen molar-refractivity contribution in [3.05, 3.63) is 53.9 Å². The van der Waals surface area contributed by atoms with Crippen LogP contribution in [0.15, 0.2) is 42.6 Å². The van der Waals surface area contributed by atoms with E-state index in [0.29, 0.717) is 0 Å². The fraction of sp³-hybridized carbons (Fsp3) is 0.286. The van der Waals surface area contributed by atoms with Crippen molar-refractivity contribution in [1.82, 2.24) is 9.88 Å². The second-order valence-corrected chi connectivity index (χ2v) is 4.32. The minimum absolute atomic E-state index is 0.941. The third-order valence-corrected chi connectivity index (χ3v) is 2.77.